The molecule has 1 N–H and O–H groups in total. The highest BCUT2D eigenvalue weighted by Gasteiger charge is 2.26. The Labute approximate surface area is 194 Å². The lowest BCUT2D eigenvalue weighted by Crippen LogP contribution is -2.30. The summed E-state index contributed by atoms with van der Waals surface area (Å²) in [6, 6.07) is 20.7. The van der Waals surface area contributed by atoms with Crippen molar-refractivity contribution >= 4 is 35.0 Å². The molecule has 0 atom stereocenters. The smallest absolute Gasteiger partial charge is 0.259 e. The molecule has 33 heavy (non-hydrogen) atoms. The molecule has 8 heteroatoms. The second kappa shape index (κ2) is 8.55. The fourth-order valence-corrected chi connectivity index (χ4v) is 4.89. The number of nitrogens with zero attached hydrogens (tertiary/aromatic N) is 3. The average molecular weight is 457 g/mol. The molecule has 0 saturated carbocycles. The van der Waals surface area contributed by atoms with Crippen molar-refractivity contribution < 1.29 is 14.1 Å². The number of hydrogen-bond donors (Lipinski definition) is 1. The first-order valence-electron chi connectivity index (χ1n) is 10.5. The van der Waals surface area contributed by atoms with Crippen molar-refractivity contribution in [2.45, 2.75) is 23.6 Å². The van der Waals surface area contributed by atoms with E-state index >= 15 is 0 Å². The van der Waals surface area contributed by atoms with Gasteiger partial charge in [-0.3, -0.25) is 9.59 Å². The van der Waals surface area contributed by atoms with Crippen LogP contribution in [0.1, 0.15) is 24.2 Å². The number of hydrogen-bond acceptors (Lipinski definition) is 6. The minimum atomic E-state index is -0.151. The molecule has 2 heterocycles. The molecule has 0 radical (unpaired) electrons. The van der Waals surface area contributed by atoms with Crippen molar-refractivity contribution in [3.05, 3.63) is 72.3 Å². The number of nitrogens with one attached hydrogen (secondary N) is 1. The standard InChI is InChI=1S/C25H20N4O3S/c1-3-29-20-12-11-16(14-22(20)33-21-10-5-4-9-19(21)25(29)31)23-27-24(32-28-23)17-7-6-8-18(13-17)26-15(2)30/h4-14H,3H2,1-2H3,(H,26,30). The van der Waals surface area contributed by atoms with Crippen molar-refractivity contribution in [1.29, 1.82) is 0 Å². The first kappa shape index (κ1) is 21.0. The SMILES string of the molecule is CCN1C(=O)c2ccccc2Sc2cc(-c3noc(-c4cccc(NC(C)=O)c4)n3)ccc21. The zero-order valence-corrected chi connectivity index (χ0v) is 18.8. The third kappa shape index (κ3) is 4.01. The van der Waals surface area contributed by atoms with Crippen LogP contribution < -0.4 is 10.2 Å². The first-order chi connectivity index (χ1) is 16.0. The van der Waals surface area contributed by atoms with E-state index in [2.05, 4.69) is 15.5 Å². The van der Waals surface area contributed by atoms with E-state index in [0.29, 0.717) is 35.1 Å². The highest BCUT2D eigenvalue weighted by Crippen LogP contribution is 2.42. The molecule has 0 aliphatic carbocycles. The van der Waals surface area contributed by atoms with Gasteiger partial charge < -0.3 is 14.7 Å². The van der Waals surface area contributed by atoms with Gasteiger partial charge in [-0.2, -0.15) is 4.98 Å². The zero-order valence-electron chi connectivity index (χ0n) is 18.0. The van der Waals surface area contributed by atoms with Crippen LogP contribution >= 0.6 is 11.8 Å². The number of benzene rings is 3. The number of anilines is 2. The lowest BCUT2D eigenvalue weighted by Gasteiger charge is -2.21. The molecular formula is C25H20N4O3S. The lowest BCUT2D eigenvalue weighted by atomic mass is 10.1. The second-order valence-corrected chi connectivity index (χ2v) is 8.60. The highest BCUT2D eigenvalue weighted by molar-refractivity contribution is 7.99. The molecule has 1 aromatic heterocycles. The van der Waals surface area contributed by atoms with E-state index in [4.69, 9.17) is 4.52 Å². The predicted molar refractivity (Wildman–Crippen MR) is 127 cm³/mol. The van der Waals surface area contributed by atoms with Crippen molar-refractivity contribution in [2.75, 3.05) is 16.8 Å². The van der Waals surface area contributed by atoms with E-state index in [0.717, 1.165) is 21.0 Å². The van der Waals surface area contributed by atoms with Gasteiger partial charge in [0.1, 0.15) is 0 Å². The number of carbonyl (C=O) groups excluding carboxylic acids is 2. The quantitative estimate of drug-likeness (QED) is 0.437. The van der Waals surface area contributed by atoms with E-state index in [1.807, 2.05) is 61.5 Å². The Morgan fingerprint density at radius 1 is 1.03 bits per heavy atom. The van der Waals surface area contributed by atoms with Gasteiger partial charge in [0, 0.05) is 40.1 Å². The number of carbonyl (C=O) groups is 2. The molecule has 164 valence electrons. The molecule has 3 aromatic carbocycles. The first-order valence-corrected chi connectivity index (χ1v) is 11.3. The summed E-state index contributed by atoms with van der Waals surface area (Å²) in [7, 11) is 0. The van der Waals surface area contributed by atoms with Crippen LogP contribution in [0.2, 0.25) is 0 Å². The molecule has 5 rings (SSSR count). The summed E-state index contributed by atoms with van der Waals surface area (Å²) in [6.07, 6.45) is 0. The molecule has 4 aromatic rings. The molecule has 1 aliphatic heterocycles. The maximum absolute atomic E-state index is 13.1. The maximum Gasteiger partial charge on any atom is 0.259 e. The van der Waals surface area contributed by atoms with E-state index < -0.39 is 0 Å². The summed E-state index contributed by atoms with van der Waals surface area (Å²) in [5.74, 6) is 0.649. The number of rotatable bonds is 4. The number of amides is 2. The maximum atomic E-state index is 13.1. The van der Waals surface area contributed by atoms with Gasteiger partial charge in [0.05, 0.1) is 11.3 Å². The summed E-state index contributed by atoms with van der Waals surface area (Å²) in [5.41, 5.74) is 3.71. The van der Waals surface area contributed by atoms with Crippen LogP contribution in [0.15, 0.2) is 81.0 Å². The van der Waals surface area contributed by atoms with Crippen LogP contribution in [0.4, 0.5) is 11.4 Å². The summed E-state index contributed by atoms with van der Waals surface area (Å²) < 4.78 is 5.50. The van der Waals surface area contributed by atoms with Crippen LogP contribution in [-0.4, -0.2) is 28.5 Å². The summed E-state index contributed by atoms with van der Waals surface area (Å²) in [6.45, 7) is 3.99. The molecule has 0 bridgehead atoms. The van der Waals surface area contributed by atoms with E-state index in [-0.39, 0.29) is 11.8 Å². The predicted octanol–water partition coefficient (Wildman–Crippen LogP) is 5.49. The van der Waals surface area contributed by atoms with E-state index in [9.17, 15) is 9.59 Å². The van der Waals surface area contributed by atoms with Gasteiger partial charge >= 0.3 is 0 Å². The van der Waals surface area contributed by atoms with Gasteiger partial charge in [0.25, 0.3) is 11.8 Å². The van der Waals surface area contributed by atoms with Crippen LogP contribution in [0.3, 0.4) is 0 Å². The molecular weight excluding hydrogens is 436 g/mol. The Hall–Kier alpha value is -3.91. The largest absolute Gasteiger partial charge is 0.334 e. The molecule has 0 unspecified atom stereocenters. The van der Waals surface area contributed by atoms with Gasteiger partial charge in [-0.05, 0) is 55.5 Å². The zero-order chi connectivity index (χ0) is 22.9. The van der Waals surface area contributed by atoms with Crippen molar-refractivity contribution in [3.63, 3.8) is 0 Å². The molecule has 2 amide bonds. The lowest BCUT2D eigenvalue weighted by molar-refractivity contribution is -0.114. The normalized spacial score (nSPS) is 12.7. The second-order valence-electron chi connectivity index (χ2n) is 7.52. The average Bonchev–Trinajstić information content (AvgIpc) is 3.27. The Morgan fingerprint density at radius 3 is 2.70 bits per heavy atom. The molecule has 1 aliphatic rings. The summed E-state index contributed by atoms with van der Waals surface area (Å²) >= 11 is 1.56. The van der Waals surface area contributed by atoms with Crippen LogP contribution in [0.25, 0.3) is 22.8 Å². The molecule has 0 saturated heterocycles. The minimum absolute atomic E-state index is 0.00648. The Kier molecular flexibility index (Phi) is 5.43. The number of fused-ring (bicyclic) bond motifs is 2. The van der Waals surface area contributed by atoms with E-state index in [1.54, 1.807) is 28.8 Å². The van der Waals surface area contributed by atoms with Gasteiger partial charge in [-0.1, -0.05) is 35.1 Å². The third-order valence-corrected chi connectivity index (χ3v) is 6.39. The topological polar surface area (TPSA) is 88.3 Å². The summed E-state index contributed by atoms with van der Waals surface area (Å²) in [5, 5.41) is 6.91. The Bertz CT molecular complexity index is 1380. The van der Waals surface area contributed by atoms with Gasteiger partial charge in [0.2, 0.25) is 11.7 Å². The Balaban J connectivity index is 1.51. The van der Waals surface area contributed by atoms with Gasteiger partial charge in [-0.15, -0.1) is 0 Å². The summed E-state index contributed by atoms with van der Waals surface area (Å²) in [4.78, 5) is 32.6. The van der Waals surface area contributed by atoms with Gasteiger partial charge in [-0.25, -0.2) is 0 Å². The fourth-order valence-electron chi connectivity index (χ4n) is 3.77. The van der Waals surface area contributed by atoms with Crippen LogP contribution in [-0.2, 0) is 4.79 Å². The monoisotopic (exact) mass is 456 g/mol. The molecule has 0 fully saturated rings. The minimum Gasteiger partial charge on any atom is -0.334 e. The van der Waals surface area contributed by atoms with Crippen molar-refractivity contribution in [2.24, 2.45) is 0 Å². The van der Waals surface area contributed by atoms with Crippen molar-refractivity contribution in [3.8, 4) is 22.8 Å². The fraction of sp³-hybridized carbons (Fsp3) is 0.120. The van der Waals surface area contributed by atoms with E-state index in [1.165, 1.54) is 6.92 Å². The molecule has 7 nitrogen and oxygen atoms in total. The van der Waals surface area contributed by atoms with Crippen LogP contribution in [0.5, 0.6) is 0 Å². The third-order valence-electron chi connectivity index (χ3n) is 5.26. The Morgan fingerprint density at radius 2 is 1.88 bits per heavy atom. The van der Waals surface area contributed by atoms with Gasteiger partial charge in [0.15, 0.2) is 0 Å². The van der Waals surface area contributed by atoms with Crippen LogP contribution in [0, 0.1) is 0 Å². The number of aromatic nitrogens is 2. The van der Waals surface area contributed by atoms with Crippen molar-refractivity contribution in [1.82, 2.24) is 10.1 Å². The highest BCUT2D eigenvalue weighted by atomic mass is 32.2. The molecule has 0 spiro atoms.